The molecule has 1 atom stereocenters. The normalized spacial score (nSPS) is 16.1. The van der Waals surface area contributed by atoms with E-state index in [0.717, 1.165) is 24.2 Å². The van der Waals surface area contributed by atoms with Crippen molar-refractivity contribution >= 4 is 50.7 Å². The van der Waals surface area contributed by atoms with Gasteiger partial charge in [0.25, 0.3) is 11.5 Å². The van der Waals surface area contributed by atoms with Gasteiger partial charge in [-0.05, 0) is 49.4 Å². The Kier molecular flexibility index (Phi) is 6.71. The van der Waals surface area contributed by atoms with E-state index < -0.39 is 0 Å². The maximum absolute atomic E-state index is 13.2. The summed E-state index contributed by atoms with van der Waals surface area (Å²) < 4.78 is 6.61. The number of nitrogens with zero attached hydrogens (tertiary/aromatic N) is 3. The molecule has 2 amide bonds. The number of hydrogen-bond donors (Lipinski definition) is 1. The van der Waals surface area contributed by atoms with Gasteiger partial charge in [0.05, 0.1) is 29.4 Å². The molecular formula is C23H25ClN4O4S. The molecule has 0 radical (unpaired) electrons. The number of amides is 2. The molecule has 33 heavy (non-hydrogen) atoms. The number of carbonyl (C=O) groups excluding carboxylic acids is 2. The maximum Gasteiger partial charge on any atom is 0.266 e. The first kappa shape index (κ1) is 23.3. The molecule has 10 heteroatoms. The lowest BCUT2D eigenvalue weighted by Crippen LogP contribution is -2.42. The van der Waals surface area contributed by atoms with E-state index in [1.54, 1.807) is 25.1 Å². The van der Waals surface area contributed by atoms with Crippen molar-refractivity contribution in [3.05, 3.63) is 50.3 Å². The Bertz CT molecular complexity index is 1290. The number of fused-ring (bicyclic) bond motifs is 1. The molecule has 1 fully saturated rings. The highest BCUT2D eigenvalue weighted by atomic mass is 35.5. The highest BCUT2D eigenvalue weighted by Gasteiger charge is 2.24. The van der Waals surface area contributed by atoms with Crippen LogP contribution in [0.25, 0.3) is 10.2 Å². The van der Waals surface area contributed by atoms with E-state index in [9.17, 15) is 14.4 Å². The first-order chi connectivity index (χ1) is 15.8. The number of aryl methyl sites for hydroxylation is 1. The standard InChI is InChI=1S/C23H25ClN4O4S/c1-13-5-4-8-27(10-13)18(29)11-28-12-25-22-19(23(28)31)14(2)20(33-22)21(30)26-16-9-15(24)6-7-17(16)32-3/h6-7,9,12-13H,4-5,8,10-11H2,1-3H3,(H,26,30). The van der Waals surface area contributed by atoms with Crippen LogP contribution in [0.4, 0.5) is 5.69 Å². The molecule has 1 aromatic carbocycles. The van der Waals surface area contributed by atoms with Crippen molar-refractivity contribution in [2.75, 3.05) is 25.5 Å². The van der Waals surface area contributed by atoms with E-state index in [1.807, 2.05) is 4.90 Å². The van der Waals surface area contributed by atoms with Crippen LogP contribution in [0.3, 0.4) is 0 Å². The number of anilines is 1. The predicted octanol–water partition coefficient (Wildman–Crippen LogP) is 3.94. The number of nitrogens with one attached hydrogen (secondary N) is 1. The van der Waals surface area contributed by atoms with Gasteiger partial charge in [-0.25, -0.2) is 4.98 Å². The molecule has 0 aliphatic carbocycles. The quantitative estimate of drug-likeness (QED) is 0.587. The third-order valence-electron chi connectivity index (χ3n) is 5.85. The molecule has 1 aliphatic heterocycles. The van der Waals surface area contributed by atoms with Crippen molar-refractivity contribution in [1.29, 1.82) is 0 Å². The number of thiophene rings is 1. The average molecular weight is 489 g/mol. The third kappa shape index (κ3) is 4.74. The van der Waals surface area contributed by atoms with Crippen molar-refractivity contribution in [2.45, 2.75) is 33.2 Å². The molecule has 0 saturated carbocycles. The van der Waals surface area contributed by atoms with Crippen LogP contribution >= 0.6 is 22.9 Å². The average Bonchev–Trinajstić information content (AvgIpc) is 3.13. The Labute approximate surface area is 200 Å². The van der Waals surface area contributed by atoms with Crippen LogP contribution in [-0.4, -0.2) is 46.5 Å². The fourth-order valence-corrected chi connectivity index (χ4v) is 5.31. The summed E-state index contributed by atoms with van der Waals surface area (Å²) in [6.07, 6.45) is 3.46. The fraction of sp³-hybridized carbons (Fsp3) is 0.391. The van der Waals surface area contributed by atoms with Gasteiger partial charge < -0.3 is 15.0 Å². The van der Waals surface area contributed by atoms with Crippen LogP contribution in [-0.2, 0) is 11.3 Å². The van der Waals surface area contributed by atoms with Gasteiger partial charge in [0.15, 0.2) is 0 Å². The summed E-state index contributed by atoms with van der Waals surface area (Å²) in [5.41, 5.74) is 0.629. The number of halogens is 1. The summed E-state index contributed by atoms with van der Waals surface area (Å²) >= 11 is 7.19. The Balaban J connectivity index is 1.61. The van der Waals surface area contributed by atoms with Crippen molar-refractivity contribution in [2.24, 2.45) is 5.92 Å². The van der Waals surface area contributed by atoms with Crippen LogP contribution in [0.5, 0.6) is 5.75 Å². The van der Waals surface area contributed by atoms with Gasteiger partial charge in [-0.15, -0.1) is 11.3 Å². The highest BCUT2D eigenvalue weighted by molar-refractivity contribution is 7.20. The summed E-state index contributed by atoms with van der Waals surface area (Å²) in [5, 5.41) is 3.61. The third-order valence-corrected chi connectivity index (χ3v) is 7.28. The summed E-state index contributed by atoms with van der Waals surface area (Å²) in [4.78, 5) is 45.9. The molecule has 0 bridgehead atoms. The zero-order valence-electron chi connectivity index (χ0n) is 18.7. The lowest BCUT2D eigenvalue weighted by atomic mass is 10.0. The minimum absolute atomic E-state index is 0.0645. The summed E-state index contributed by atoms with van der Waals surface area (Å²) in [6, 6.07) is 4.92. The number of hydrogen-bond acceptors (Lipinski definition) is 6. The molecule has 4 rings (SSSR count). The number of carbonyl (C=O) groups is 2. The molecule has 174 valence electrons. The van der Waals surface area contributed by atoms with E-state index in [1.165, 1.54) is 18.0 Å². The smallest absolute Gasteiger partial charge is 0.266 e. The van der Waals surface area contributed by atoms with E-state index in [-0.39, 0.29) is 23.9 Å². The molecule has 1 aliphatic rings. The summed E-state index contributed by atoms with van der Waals surface area (Å²) in [7, 11) is 1.50. The molecule has 8 nitrogen and oxygen atoms in total. The van der Waals surface area contributed by atoms with E-state index in [0.29, 0.717) is 56.1 Å². The second kappa shape index (κ2) is 9.52. The van der Waals surface area contributed by atoms with Crippen LogP contribution < -0.4 is 15.6 Å². The van der Waals surface area contributed by atoms with E-state index in [4.69, 9.17) is 16.3 Å². The first-order valence-electron chi connectivity index (χ1n) is 10.7. The van der Waals surface area contributed by atoms with Crippen LogP contribution in [0.1, 0.15) is 35.0 Å². The largest absolute Gasteiger partial charge is 0.495 e. The number of aromatic nitrogens is 2. The van der Waals surface area contributed by atoms with Crippen LogP contribution in [0.2, 0.25) is 5.02 Å². The minimum Gasteiger partial charge on any atom is -0.495 e. The monoisotopic (exact) mass is 488 g/mol. The zero-order valence-corrected chi connectivity index (χ0v) is 20.3. The Morgan fingerprint density at radius 1 is 1.36 bits per heavy atom. The van der Waals surface area contributed by atoms with Gasteiger partial charge in [-0.1, -0.05) is 18.5 Å². The van der Waals surface area contributed by atoms with Crippen molar-refractivity contribution in [3.63, 3.8) is 0 Å². The summed E-state index contributed by atoms with van der Waals surface area (Å²) in [5.74, 6) is 0.444. The van der Waals surface area contributed by atoms with Crippen molar-refractivity contribution < 1.29 is 14.3 Å². The minimum atomic E-state index is -0.389. The van der Waals surface area contributed by atoms with E-state index in [2.05, 4.69) is 17.2 Å². The molecule has 2 aromatic heterocycles. The van der Waals surface area contributed by atoms with Gasteiger partial charge >= 0.3 is 0 Å². The van der Waals surface area contributed by atoms with Gasteiger partial charge in [0.2, 0.25) is 5.91 Å². The Hall–Kier alpha value is -2.91. The predicted molar refractivity (Wildman–Crippen MR) is 130 cm³/mol. The number of likely N-dealkylation sites (tertiary alicyclic amines) is 1. The number of benzene rings is 1. The molecule has 1 N–H and O–H groups in total. The van der Waals surface area contributed by atoms with Gasteiger partial charge in [0, 0.05) is 18.1 Å². The Morgan fingerprint density at radius 3 is 2.88 bits per heavy atom. The second-order valence-electron chi connectivity index (χ2n) is 8.30. The SMILES string of the molecule is COc1ccc(Cl)cc1NC(=O)c1sc2ncn(CC(=O)N3CCCC(C)C3)c(=O)c2c1C. The van der Waals surface area contributed by atoms with Crippen LogP contribution in [0.15, 0.2) is 29.3 Å². The van der Waals surface area contributed by atoms with Gasteiger partial charge in [-0.3, -0.25) is 19.0 Å². The first-order valence-corrected chi connectivity index (χ1v) is 11.9. The van der Waals surface area contributed by atoms with Gasteiger partial charge in [-0.2, -0.15) is 0 Å². The maximum atomic E-state index is 13.2. The number of piperidine rings is 1. The van der Waals surface area contributed by atoms with Crippen LogP contribution in [0, 0.1) is 12.8 Å². The lowest BCUT2D eigenvalue weighted by Gasteiger charge is -2.31. The highest BCUT2D eigenvalue weighted by Crippen LogP contribution is 2.31. The second-order valence-corrected chi connectivity index (χ2v) is 9.74. The molecule has 1 unspecified atom stereocenters. The number of rotatable bonds is 5. The molecule has 3 aromatic rings. The van der Waals surface area contributed by atoms with E-state index >= 15 is 0 Å². The molecule has 3 heterocycles. The fourth-order valence-electron chi connectivity index (χ4n) is 4.11. The molecule has 0 spiro atoms. The summed E-state index contributed by atoms with van der Waals surface area (Å²) in [6.45, 7) is 5.19. The Morgan fingerprint density at radius 2 is 2.15 bits per heavy atom. The van der Waals surface area contributed by atoms with Gasteiger partial charge in [0.1, 0.15) is 17.1 Å². The lowest BCUT2D eigenvalue weighted by molar-refractivity contribution is -0.133. The molecule has 1 saturated heterocycles. The zero-order chi connectivity index (χ0) is 23.7. The number of ether oxygens (including phenoxy) is 1. The van der Waals surface area contributed by atoms with Crippen molar-refractivity contribution in [1.82, 2.24) is 14.5 Å². The van der Waals surface area contributed by atoms with Crippen molar-refractivity contribution in [3.8, 4) is 5.75 Å². The topological polar surface area (TPSA) is 93.5 Å². The number of methoxy groups -OCH3 is 1. The molecular weight excluding hydrogens is 464 g/mol.